The summed E-state index contributed by atoms with van der Waals surface area (Å²) in [5.74, 6) is 1.50. The van der Waals surface area contributed by atoms with Gasteiger partial charge in [0.1, 0.15) is 5.75 Å². The van der Waals surface area contributed by atoms with Crippen molar-refractivity contribution in [3.63, 3.8) is 0 Å². The predicted octanol–water partition coefficient (Wildman–Crippen LogP) is 4.29. The molecule has 2 aromatic carbocycles. The number of benzene rings is 2. The minimum absolute atomic E-state index is 0.568. The fourth-order valence-electron chi connectivity index (χ4n) is 3.27. The molecule has 0 aliphatic carbocycles. The number of hydrogen-bond acceptors (Lipinski definition) is 4. The van der Waals surface area contributed by atoms with Crippen LogP contribution in [0.2, 0.25) is 0 Å². The molecule has 0 spiro atoms. The Labute approximate surface area is 140 Å². The molecule has 1 saturated heterocycles. The van der Waals surface area contributed by atoms with Gasteiger partial charge in [-0.05, 0) is 42.8 Å². The monoisotopic (exact) mass is 324 g/mol. The Morgan fingerprint density at radius 2 is 2.13 bits per heavy atom. The third kappa shape index (κ3) is 3.09. The maximum atomic E-state index is 5.32. The second kappa shape index (κ2) is 6.30. The minimum atomic E-state index is 0.568. The molecule has 0 bridgehead atoms. The highest BCUT2D eigenvalue weighted by atomic mass is 32.1. The summed E-state index contributed by atoms with van der Waals surface area (Å²) in [6.45, 7) is 3.22. The van der Waals surface area contributed by atoms with Crippen LogP contribution in [0, 0.1) is 0 Å². The highest BCUT2D eigenvalue weighted by Crippen LogP contribution is 2.33. The summed E-state index contributed by atoms with van der Waals surface area (Å²) in [5.41, 5.74) is 2.45. The van der Waals surface area contributed by atoms with Crippen LogP contribution in [0.3, 0.4) is 0 Å². The molecule has 23 heavy (non-hydrogen) atoms. The van der Waals surface area contributed by atoms with Crippen LogP contribution in [0.25, 0.3) is 10.2 Å². The first-order valence-corrected chi connectivity index (χ1v) is 8.84. The van der Waals surface area contributed by atoms with Crippen LogP contribution in [0.5, 0.6) is 5.75 Å². The summed E-state index contributed by atoms with van der Waals surface area (Å²) < 4.78 is 6.62. The van der Waals surface area contributed by atoms with E-state index in [1.165, 1.54) is 21.7 Å². The van der Waals surface area contributed by atoms with Crippen LogP contribution in [-0.2, 0) is 6.54 Å². The van der Waals surface area contributed by atoms with Crippen molar-refractivity contribution in [3.05, 3.63) is 59.1 Å². The lowest BCUT2D eigenvalue weighted by Gasteiger charge is -2.16. The van der Waals surface area contributed by atoms with Gasteiger partial charge in [-0.15, -0.1) is 11.3 Å². The molecule has 1 atom stereocenters. The van der Waals surface area contributed by atoms with Crippen molar-refractivity contribution in [2.24, 2.45) is 0 Å². The van der Waals surface area contributed by atoms with E-state index in [0.717, 1.165) is 30.9 Å². The van der Waals surface area contributed by atoms with Gasteiger partial charge in [0.25, 0.3) is 0 Å². The number of nitrogens with zero attached hydrogens (tertiary/aromatic N) is 2. The van der Waals surface area contributed by atoms with Gasteiger partial charge in [-0.2, -0.15) is 0 Å². The Morgan fingerprint density at radius 1 is 1.22 bits per heavy atom. The van der Waals surface area contributed by atoms with Crippen LogP contribution in [0.1, 0.15) is 22.9 Å². The van der Waals surface area contributed by atoms with E-state index in [-0.39, 0.29) is 0 Å². The van der Waals surface area contributed by atoms with Gasteiger partial charge < -0.3 is 4.74 Å². The highest BCUT2D eigenvalue weighted by molar-refractivity contribution is 7.18. The maximum absolute atomic E-state index is 5.32. The third-order valence-electron chi connectivity index (χ3n) is 4.47. The minimum Gasteiger partial charge on any atom is -0.497 e. The average Bonchev–Trinajstić information content (AvgIpc) is 3.21. The van der Waals surface area contributed by atoms with Crippen molar-refractivity contribution < 1.29 is 4.74 Å². The molecule has 2 heterocycles. The van der Waals surface area contributed by atoms with Gasteiger partial charge in [0.15, 0.2) is 0 Å². The summed E-state index contributed by atoms with van der Waals surface area (Å²) in [6.07, 6.45) is 1.20. The Kier molecular flexibility index (Phi) is 4.02. The lowest BCUT2D eigenvalue weighted by Crippen LogP contribution is -2.19. The largest absolute Gasteiger partial charge is 0.497 e. The summed E-state index contributed by atoms with van der Waals surface area (Å²) in [7, 11) is 1.72. The van der Waals surface area contributed by atoms with Gasteiger partial charge in [-0.25, -0.2) is 4.98 Å². The number of fused-ring (bicyclic) bond motifs is 1. The van der Waals surface area contributed by atoms with E-state index >= 15 is 0 Å². The Morgan fingerprint density at radius 3 is 3.00 bits per heavy atom. The van der Waals surface area contributed by atoms with E-state index in [2.05, 4.69) is 47.4 Å². The molecule has 0 radical (unpaired) electrons. The molecule has 4 heteroatoms. The lowest BCUT2D eigenvalue weighted by molar-refractivity contribution is 0.326. The molecule has 1 aliphatic rings. The quantitative estimate of drug-likeness (QED) is 0.716. The SMILES string of the molecule is COc1cccc(CN2CC[C@H](c3nc4ccccc4s3)C2)c1. The molecule has 3 aromatic rings. The molecule has 4 rings (SSSR count). The van der Waals surface area contributed by atoms with Gasteiger partial charge in [0.05, 0.1) is 22.3 Å². The van der Waals surface area contributed by atoms with E-state index < -0.39 is 0 Å². The number of methoxy groups -OCH3 is 1. The zero-order chi connectivity index (χ0) is 15.6. The van der Waals surface area contributed by atoms with E-state index in [1.54, 1.807) is 7.11 Å². The zero-order valence-corrected chi connectivity index (χ0v) is 14.1. The van der Waals surface area contributed by atoms with Crippen molar-refractivity contribution in [3.8, 4) is 5.75 Å². The van der Waals surface area contributed by atoms with E-state index in [0.29, 0.717) is 5.92 Å². The second-order valence-electron chi connectivity index (χ2n) is 6.09. The van der Waals surface area contributed by atoms with Crippen molar-refractivity contribution >= 4 is 21.6 Å². The topological polar surface area (TPSA) is 25.4 Å². The summed E-state index contributed by atoms with van der Waals surface area (Å²) in [4.78, 5) is 7.35. The number of thiazole rings is 1. The molecule has 0 N–H and O–H groups in total. The molecular weight excluding hydrogens is 304 g/mol. The smallest absolute Gasteiger partial charge is 0.119 e. The van der Waals surface area contributed by atoms with Crippen molar-refractivity contribution in [2.45, 2.75) is 18.9 Å². The molecule has 1 fully saturated rings. The van der Waals surface area contributed by atoms with E-state index in [4.69, 9.17) is 9.72 Å². The zero-order valence-electron chi connectivity index (χ0n) is 13.2. The Bertz CT molecular complexity index is 781. The lowest BCUT2D eigenvalue weighted by atomic mass is 10.1. The first-order valence-electron chi connectivity index (χ1n) is 8.02. The molecule has 1 aliphatic heterocycles. The van der Waals surface area contributed by atoms with Gasteiger partial charge >= 0.3 is 0 Å². The van der Waals surface area contributed by atoms with Gasteiger partial charge in [0, 0.05) is 19.0 Å². The van der Waals surface area contributed by atoms with Gasteiger partial charge in [0.2, 0.25) is 0 Å². The molecule has 0 amide bonds. The number of para-hydroxylation sites is 1. The average molecular weight is 324 g/mol. The number of rotatable bonds is 4. The first kappa shape index (κ1) is 14.7. The molecular formula is C19H20N2OS. The van der Waals surface area contributed by atoms with Crippen molar-refractivity contribution in [1.29, 1.82) is 0 Å². The van der Waals surface area contributed by atoms with Crippen LogP contribution >= 0.6 is 11.3 Å². The standard InChI is InChI=1S/C19H20N2OS/c1-22-16-6-4-5-14(11-16)12-21-10-9-15(13-21)19-20-17-7-2-3-8-18(17)23-19/h2-8,11,15H,9-10,12-13H2,1H3/t15-/m0/s1. The molecule has 0 unspecified atom stereocenters. The van der Waals surface area contributed by atoms with Crippen molar-refractivity contribution in [1.82, 2.24) is 9.88 Å². The number of likely N-dealkylation sites (tertiary alicyclic amines) is 1. The number of ether oxygens (including phenoxy) is 1. The molecule has 0 saturated carbocycles. The number of aromatic nitrogens is 1. The normalized spacial score (nSPS) is 18.6. The molecule has 3 nitrogen and oxygen atoms in total. The van der Waals surface area contributed by atoms with Gasteiger partial charge in [-0.3, -0.25) is 4.90 Å². The Hall–Kier alpha value is -1.91. The van der Waals surface area contributed by atoms with Crippen LogP contribution < -0.4 is 4.74 Å². The van der Waals surface area contributed by atoms with Crippen LogP contribution in [0.4, 0.5) is 0 Å². The van der Waals surface area contributed by atoms with Gasteiger partial charge in [-0.1, -0.05) is 24.3 Å². The fourth-order valence-corrected chi connectivity index (χ4v) is 4.36. The van der Waals surface area contributed by atoms with Crippen LogP contribution in [0.15, 0.2) is 48.5 Å². The first-order chi connectivity index (χ1) is 11.3. The van der Waals surface area contributed by atoms with Crippen molar-refractivity contribution in [2.75, 3.05) is 20.2 Å². The highest BCUT2D eigenvalue weighted by Gasteiger charge is 2.26. The summed E-state index contributed by atoms with van der Waals surface area (Å²) in [6, 6.07) is 16.8. The van der Waals surface area contributed by atoms with E-state index in [9.17, 15) is 0 Å². The molecule has 118 valence electrons. The molecule has 1 aromatic heterocycles. The third-order valence-corrected chi connectivity index (χ3v) is 5.67. The van der Waals surface area contributed by atoms with Crippen LogP contribution in [-0.4, -0.2) is 30.1 Å². The Balaban J connectivity index is 1.46. The maximum Gasteiger partial charge on any atom is 0.119 e. The second-order valence-corrected chi connectivity index (χ2v) is 7.15. The fraction of sp³-hybridized carbons (Fsp3) is 0.316. The number of hydrogen-bond donors (Lipinski definition) is 0. The summed E-state index contributed by atoms with van der Waals surface area (Å²) >= 11 is 1.85. The summed E-state index contributed by atoms with van der Waals surface area (Å²) in [5, 5.41) is 1.29. The van der Waals surface area contributed by atoms with E-state index in [1.807, 2.05) is 17.4 Å². The predicted molar refractivity (Wildman–Crippen MR) is 95.2 cm³/mol.